The maximum absolute atomic E-state index is 14.0. The van der Waals surface area contributed by atoms with Crippen LogP contribution in [-0.4, -0.2) is 71.5 Å². The van der Waals surface area contributed by atoms with Gasteiger partial charge in [-0.15, -0.1) is 0 Å². The standard InChI is InChI=1S/C32H46O8/c1-18-8-7-9-25-30(36-6)38-28-27(33)21(4)15-26(32(25,28)35)29(34)37-24-16-23(11-10-19(2)14-18)40-31(17-24)13-12-20(3)22(5)39-31/h7-10,15,18,20,22-24,26-28,30,33,35H,11-14,16-17H2,1-6H3/b8-7-,19-10-,25-9?/t18-,20-,22+,23+,24-,26-,27+,28+,30+,31-,32+/m0/s1. The van der Waals surface area contributed by atoms with E-state index in [1.165, 1.54) is 12.7 Å². The van der Waals surface area contributed by atoms with Gasteiger partial charge in [0.25, 0.3) is 0 Å². The zero-order chi connectivity index (χ0) is 28.8. The van der Waals surface area contributed by atoms with Crippen LogP contribution in [0, 0.1) is 17.8 Å². The minimum Gasteiger partial charge on any atom is -0.462 e. The van der Waals surface area contributed by atoms with Crippen LogP contribution in [0.1, 0.15) is 73.1 Å². The Morgan fingerprint density at radius 3 is 2.62 bits per heavy atom. The van der Waals surface area contributed by atoms with Gasteiger partial charge in [0.2, 0.25) is 0 Å². The fraction of sp³-hybridized carbons (Fsp3) is 0.719. The number of aliphatic hydroxyl groups is 2. The third kappa shape index (κ3) is 5.51. The van der Waals surface area contributed by atoms with Gasteiger partial charge in [-0.2, -0.15) is 0 Å². The van der Waals surface area contributed by atoms with Gasteiger partial charge in [0.1, 0.15) is 29.8 Å². The minimum atomic E-state index is -1.83. The summed E-state index contributed by atoms with van der Waals surface area (Å²) >= 11 is 0. The molecule has 1 spiro atoms. The zero-order valence-corrected chi connectivity index (χ0v) is 24.7. The molecular weight excluding hydrogens is 512 g/mol. The molecule has 0 aromatic heterocycles. The molecule has 0 unspecified atom stereocenters. The molecular formula is C32H46O8. The Kier molecular flexibility index (Phi) is 8.50. The summed E-state index contributed by atoms with van der Waals surface area (Å²) in [7, 11) is 1.49. The van der Waals surface area contributed by atoms with Crippen LogP contribution in [0.5, 0.6) is 0 Å². The molecule has 2 bridgehead atoms. The van der Waals surface area contributed by atoms with Crippen molar-refractivity contribution in [2.75, 3.05) is 7.11 Å². The predicted molar refractivity (Wildman–Crippen MR) is 149 cm³/mol. The Hall–Kier alpha value is -1.81. The van der Waals surface area contributed by atoms with Gasteiger partial charge in [0, 0.05) is 31.9 Å². The van der Waals surface area contributed by atoms with Crippen LogP contribution in [0.3, 0.4) is 0 Å². The predicted octanol–water partition coefficient (Wildman–Crippen LogP) is 4.51. The van der Waals surface area contributed by atoms with Gasteiger partial charge in [0.05, 0.1) is 12.2 Å². The monoisotopic (exact) mass is 558 g/mol. The van der Waals surface area contributed by atoms with Gasteiger partial charge in [0.15, 0.2) is 12.1 Å². The van der Waals surface area contributed by atoms with Gasteiger partial charge >= 0.3 is 5.97 Å². The van der Waals surface area contributed by atoms with Crippen LogP contribution in [-0.2, 0) is 28.5 Å². The first-order chi connectivity index (χ1) is 19.0. The molecule has 40 heavy (non-hydrogen) atoms. The number of fused-ring (bicyclic) bond motifs is 2. The number of esters is 1. The summed E-state index contributed by atoms with van der Waals surface area (Å²) in [6.07, 6.45) is 10.2. The Bertz CT molecular complexity index is 1090. The summed E-state index contributed by atoms with van der Waals surface area (Å²) in [5.74, 6) is -1.77. The highest BCUT2D eigenvalue weighted by atomic mass is 16.7. The molecule has 8 nitrogen and oxygen atoms in total. The largest absolute Gasteiger partial charge is 0.462 e. The fourth-order valence-corrected chi connectivity index (χ4v) is 7.07. The lowest BCUT2D eigenvalue weighted by atomic mass is 9.70. The Morgan fingerprint density at radius 1 is 1.12 bits per heavy atom. The van der Waals surface area contributed by atoms with E-state index in [0.29, 0.717) is 36.3 Å². The number of hydrogen-bond donors (Lipinski definition) is 2. The van der Waals surface area contributed by atoms with Crippen molar-refractivity contribution in [3.63, 3.8) is 0 Å². The minimum absolute atomic E-state index is 0.0350. The third-order valence-electron chi connectivity index (χ3n) is 9.55. The number of hydrogen-bond acceptors (Lipinski definition) is 8. The van der Waals surface area contributed by atoms with E-state index in [9.17, 15) is 15.0 Å². The Balaban J connectivity index is 1.54. The lowest BCUT2D eigenvalue weighted by Crippen LogP contribution is -2.58. The molecule has 4 heterocycles. The lowest BCUT2D eigenvalue weighted by Gasteiger charge is -2.49. The number of ether oxygens (including phenoxy) is 5. The van der Waals surface area contributed by atoms with Crippen molar-refractivity contribution >= 4 is 5.97 Å². The molecule has 1 aliphatic carbocycles. The highest BCUT2D eigenvalue weighted by molar-refractivity contribution is 5.78. The lowest BCUT2D eigenvalue weighted by molar-refractivity contribution is -0.332. The molecule has 8 heteroatoms. The molecule has 0 radical (unpaired) electrons. The van der Waals surface area contributed by atoms with Gasteiger partial charge in [-0.05, 0) is 57.4 Å². The molecule has 2 N–H and O–H groups in total. The van der Waals surface area contributed by atoms with Gasteiger partial charge in [-0.1, -0.05) is 49.8 Å². The number of allylic oxidation sites excluding steroid dienone is 4. The molecule has 4 aliphatic heterocycles. The Labute approximate surface area is 238 Å². The highest BCUT2D eigenvalue weighted by Gasteiger charge is 2.63. The molecule has 5 aliphatic rings. The number of carbonyl (C=O) groups is 1. The molecule has 0 aromatic rings. The molecule has 0 saturated carbocycles. The second-order valence-electron chi connectivity index (χ2n) is 12.7. The van der Waals surface area contributed by atoms with E-state index in [1.54, 1.807) is 19.1 Å². The van der Waals surface area contributed by atoms with Crippen molar-refractivity contribution in [1.82, 2.24) is 0 Å². The summed E-state index contributed by atoms with van der Waals surface area (Å²) in [6, 6.07) is 0. The van der Waals surface area contributed by atoms with E-state index in [1.807, 2.05) is 6.08 Å². The van der Waals surface area contributed by atoms with E-state index in [4.69, 9.17) is 23.7 Å². The zero-order valence-electron chi connectivity index (χ0n) is 24.7. The second-order valence-corrected chi connectivity index (χ2v) is 12.7. The van der Waals surface area contributed by atoms with E-state index in [-0.39, 0.29) is 18.1 Å². The third-order valence-corrected chi connectivity index (χ3v) is 9.55. The highest BCUT2D eigenvalue weighted by Crippen LogP contribution is 2.49. The van der Waals surface area contributed by atoms with E-state index < -0.39 is 47.9 Å². The second kappa shape index (κ2) is 11.5. The number of rotatable bonds is 1. The summed E-state index contributed by atoms with van der Waals surface area (Å²) in [5.41, 5.74) is 0.373. The number of methoxy groups -OCH3 is 1. The normalized spacial score (nSPS) is 48.4. The fourth-order valence-electron chi connectivity index (χ4n) is 7.07. The molecule has 222 valence electrons. The Morgan fingerprint density at radius 2 is 1.90 bits per heavy atom. The average molecular weight is 559 g/mol. The van der Waals surface area contributed by atoms with Crippen molar-refractivity contribution in [3.05, 3.63) is 47.1 Å². The summed E-state index contributed by atoms with van der Waals surface area (Å²) in [6.45, 7) is 10.3. The number of aliphatic hydroxyl groups excluding tert-OH is 1. The van der Waals surface area contributed by atoms with Crippen LogP contribution in [0.2, 0.25) is 0 Å². The molecule has 5 rings (SSSR count). The maximum atomic E-state index is 14.0. The van der Waals surface area contributed by atoms with Crippen molar-refractivity contribution in [2.45, 2.75) is 121 Å². The van der Waals surface area contributed by atoms with Crippen molar-refractivity contribution < 1.29 is 38.7 Å². The number of carbonyl (C=O) groups excluding carboxylic acids is 1. The molecule has 0 aromatic carbocycles. The van der Waals surface area contributed by atoms with Crippen LogP contribution in [0.25, 0.3) is 0 Å². The summed E-state index contributed by atoms with van der Waals surface area (Å²) < 4.78 is 30.9. The van der Waals surface area contributed by atoms with Gasteiger partial charge in [-0.3, -0.25) is 4.79 Å². The first-order valence-electron chi connectivity index (χ1n) is 14.8. The first-order valence-corrected chi connectivity index (χ1v) is 14.8. The molecule has 3 saturated heterocycles. The smallest absolute Gasteiger partial charge is 0.316 e. The topological polar surface area (TPSA) is 104 Å². The van der Waals surface area contributed by atoms with Crippen LogP contribution in [0.4, 0.5) is 0 Å². The van der Waals surface area contributed by atoms with Crippen LogP contribution < -0.4 is 0 Å². The quantitative estimate of drug-likeness (QED) is 0.358. The van der Waals surface area contributed by atoms with Crippen molar-refractivity contribution in [1.29, 1.82) is 0 Å². The molecule has 3 fully saturated rings. The van der Waals surface area contributed by atoms with Crippen molar-refractivity contribution in [2.24, 2.45) is 17.8 Å². The van der Waals surface area contributed by atoms with E-state index in [0.717, 1.165) is 19.3 Å². The van der Waals surface area contributed by atoms with E-state index in [2.05, 4.69) is 39.8 Å². The van der Waals surface area contributed by atoms with Crippen molar-refractivity contribution in [3.8, 4) is 0 Å². The average Bonchev–Trinajstić information content (AvgIpc) is 3.19. The first kappa shape index (κ1) is 29.7. The summed E-state index contributed by atoms with van der Waals surface area (Å²) in [4.78, 5) is 14.0. The van der Waals surface area contributed by atoms with E-state index >= 15 is 0 Å². The van der Waals surface area contributed by atoms with Gasteiger partial charge < -0.3 is 33.9 Å². The van der Waals surface area contributed by atoms with Gasteiger partial charge in [-0.25, -0.2) is 0 Å². The van der Waals surface area contributed by atoms with Crippen LogP contribution >= 0.6 is 0 Å². The molecule has 11 atom stereocenters. The maximum Gasteiger partial charge on any atom is 0.316 e. The van der Waals surface area contributed by atoms with Crippen LogP contribution in [0.15, 0.2) is 47.1 Å². The SMILES string of the molecule is CO[C@@H]1O[C@@H]2[C@H](O)C(C)=C[C@H]3C(=O)O[C@H]4C[C@@H](C/C=C(/C)C[C@@H](C)/C=C\C=C1[C@]23O)O[C@@]1(CC[C@H](C)[C@@H](C)O1)C4. The summed E-state index contributed by atoms with van der Waals surface area (Å²) in [5, 5.41) is 23.2. The molecule has 0 amide bonds.